The maximum atomic E-state index is 12.9. The summed E-state index contributed by atoms with van der Waals surface area (Å²) in [7, 11) is 0. The summed E-state index contributed by atoms with van der Waals surface area (Å²) in [6, 6.07) is 7.37. The molecule has 0 saturated carbocycles. The Morgan fingerprint density at radius 1 is 1.20 bits per heavy atom. The lowest BCUT2D eigenvalue weighted by Crippen LogP contribution is -2.49. The molecule has 2 heterocycles. The highest BCUT2D eigenvalue weighted by Gasteiger charge is 2.20. The minimum atomic E-state index is -0.334. The number of anilines is 3. The Labute approximate surface area is 149 Å². The number of aromatic nitrogens is 2. The van der Waals surface area contributed by atoms with E-state index in [9.17, 15) is 9.18 Å². The molecule has 1 fully saturated rings. The van der Waals surface area contributed by atoms with Crippen molar-refractivity contribution in [3.8, 4) is 0 Å². The van der Waals surface area contributed by atoms with Gasteiger partial charge in [-0.05, 0) is 24.3 Å². The number of halogens is 2. The first-order valence-corrected chi connectivity index (χ1v) is 8.20. The second-order valence-corrected chi connectivity index (χ2v) is 6.11. The summed E-state index contributed by atoms with van der Waals surface area (Å²) in [5, 5.41) is 3.07. The van der Waals surface area contributed by atoms with Gasteiger partial charge in [0.1, 0.15) is 16.8 Å². The van der Waals surface area contributed by atoms with Crippen molar-refractivity contribution < 1.29 is 9.18 Å². The molecule has 0 bridgehead atoms. The Bertz CT molecular complexity index is 729. The number of carbonyl (C=O) groups is 1. The van der Waals surface area contributed by atoms with Crippen molar-refractivity contribution in [1.29, 1.82) is 0 Å². The number of nitrogen functional groups attached to an aromatic ring is 1. The third-order valence-corrected chi connectivity index (χ3v) is 4.08. The second kappa shape index (κ2) is 7.62. The average Bonchev–Trinajstić information content (AvgIpc) is 2.57. The predicted octanol–water partition coefficient (Wildman–Crippen LogP) is 1.61. The lowest BCUT2D eigenvalue weighted by Gasteiger charge is -2.35. The van der Waals surface area contributed by atoms with Crippen molar-refractivity contribution in [2.45, 2.75) is 0 Å². The van der Waals surface area contributed by atoms with Crippen molar-refractivity contribution in [3.05, 3.63) is 41.3 Å². The molecule has 2 aromatic rings. The fraction of sp³-hybridized carbons (Fsp3) is 0.312. The van der Waals surface area contributed by atoms with Gasteiger partial charge in [0, 0.05) is 37.9 Å². The summed E-state index contributed by atoms with van der Waals surface area (Å²) in [5.74, 6) is 0.366. The van der Waals surface area contributed by atoms with Crippen molar-refractivity contribution in [2.24, 2.45) is 0 Å². The van der Waals surface area contributed by atoms with E-state index in [2.05, 4.69) is 20.2 Å². The van der Waals surface area contributed by atoms with Gasteiger partial charge < -0.3 is 16.0 Å². The van der Waals surface area contributed by atoms with Crippen LogP contribution in [0.15, 0.2) is 30.3 Å². The largest absolute Gasteiger partial charge is 0.368 e. The Balaban J connectivity index is 1.50. The van der Waals surface area contributed by atoms with E-state index in [4.69, 9.17) is 17.3 Å². The van der Waals surface area contributed by atoms with Crippen LogP contribution in [0.1, 0.15) is 0 Å². The number of nitrogens with zero attached hydrogens (tertiary/aromatic N) is 4. The van der Waals surface area contributed by atoms with Crippen LogP contribution >= 0.6 is 11.6 Å². The van der Waals surface area contributed by atoms with Gasteiger partial charge in [-0.25, -0.2) is 9.37 Å². The molecule has 0 spiro atoms. The third-order valence-electron chi connectivity index (χ3n) is 3.89. The smallest absolute Gasteiger partial charge is 0.238 e. The van der Waals surface area contributed by atoms with Crippen LogP contribution in [0.5, 0.6) is 0 Å². The number of carbonyl (C=O) groups excluding carboxylic acids is 1. The number of nitrogens with one attached hydrogen (secondary N) is 1. The number of piperazine rings is 1. The van der Waals surface area contributed by atoms with Gasteiger partial charge in [0.15, 0.2) is 0 Å². The molecule has 1 saturated heterocycles. The van der Waals surface area contributed by atoms with Crippen LogP contribution in [-0.4, -0.2) is 53.5 Å². The number of nitrogens with two attached hydrogens (primary N) is 1. The fourth-order valence-electron chi connectivity index (χ4n) is 2.66. The maximum Gasteiger partial charge on any atom is 0.238 e. The molecule has 0 atom stereocenters. The number of hydrogen-bond donors (Lipinski definition) is 2. The predicted molar refractivity (Wildman–Crippen MR) is 95.1 cm³/mol. The first-order valence-electron chi connectivity index (χ1n) is 7.82. The molecule has 1 aliphatic rings. The lowest BCUT2D eigenvalue weighted by molar-refractivity contribution is -0.117. The summed E-state index contributed by atoms with van der Waals surface area (Å²) in [5.41, 5.74) is 6.20. The standard InChI is InChI=1S/C16H18ClFN6O/c17-13-9-14(22-16(19)21-13)24-7-5-23(6-8-24)10-15(25)20-12-3-1-11(18)2-4-12/h1-4,9H,5-8,10H2,(H,20,25)(H2,19,21,22). The van der Waals surface area contributed by atoms with Gasteiger partial charge in [0.05, 0.1) is 6.54 Å². The number of benzene rings is 1. The molecular weight excluding hydrogens is 347 g/mol. The SMILES string of the molecule is Nc1nc(Cl)cc(N2CCN(CC(=O)Nc3ccc(F)cc3)CC2)n1. The number of rotatable bonds is 4. The zero-order valence-electron chi connectivity index (χ0n) is 13.5. The molecule has 25 heavy (non-hydrogen) atoms. The van der Waals surface area contributed by atoms with Gasteiger partial charge in [-0.3, -0.25) is 9.69 Å². The molecule has 3 rings (SSSR count). The molecule has 0 unspecified atom stereocenters. The van der Waals surface area contributed by atoms with Crippen LogP contribution in [0.3, 0.4) is 0 Å². The Morgan fingerprint density at radius 2 is 1.88 bits per heavy atom. The highest BCUT2D eigenvalue weighted by atomic mass is 35.5. The summed E-state index contributed by atoms with van der Waals surface area (Å²) in [4.78, 5) is 24.2. The summed E-state index contributed by atoms with van der Waals surface area (Å²) in [6.45, 7) is 3.10. The van der Waals surface area contributed by atoms with Gasteiger partial charge in [-0.1, -0.05) is 11.6 Å². The summed E-state index contributed by atoms with van der Waals surface area (Å²) < 4.78 is 12.9. The number of amides is 1. The molecule has 0 aliphatic carbocycles. The van der Waals surface area contributed by atoms with Crippen LogP contribution in [0.4, 0.5) is 21.8 Å². The minimum absolute atomic E-state index is 0.130. The third kappa shape index (κ3) is 4.77. The zero-order chi connectivity index (χ0) is 17.8. The maximum absolute atomic E-state index is 12.9. The summed E-state index contributed by atoms with van der Waals surface area (Å²) >= 11 is 5.91. The lowest BCUT2D eigenvalue weighted by atomic mass is 10.3. The molecule has 9 heteroatoms. The van der Waals surface area contributed by atoms with Gasteiger partial charge in [-0.2, -0.15) is 4.98 Å². The van der Waals surface area contributed by atoms with Gasteiger partial charge in [0.2, 0.25) is 11.9 Å². The van der Waals surface area contributed by atoms with E-state index in [0.717, 1.165) is 0 Å². The van der Waals surface area contributed by atoms with E-state index in [1.54, 1.807) is 6.07 Å². The normalized spacial score (nSPS) is 15.2. The first kappa shape index (κ1) is 17.4. The molecule has 3 N–H and O–H groups in total. The van der Waals surface area contributed by atoms with E-state index in [1.165, 1.54) is 24.3 Å². The average molecular weight is 365 g/mol. The van der Waals surface area contributed by atoms with Crippen LogP contribution in [-0.2, 0) is 4.79 Å². The topological polar surface area (TPSA) is 87.4 Å². The van der Waals surface area contributed by atoms with Crippen molar-refractivity contribution in [1.82, 2.24) is 14.9 Å². The summed E-state index contributed by atoms with van der Waals surface area (Å²) in [6.07, 6.45) is 0. The van der Waals surface area contributed by atoms with Gasteiger partial charge >= 0.3 is 0 Å². The van der Waals surface area contributed by atoms with Crippen LogP contribution < -0.4 is 16.0 Å². The minimum Gasteiger partial charge on any atom is -0.368 e. The molecule has 7 nitrogen and oxygen atoms in total. The molecule has 1 aliphatic heterocycles. The zero-order valence-corrected chi connectivity index (χ0v) is 14.2. The monoisotopic (exact) mass is 364 g/mol. The quantitative estimate of drug-likeness (QED) is 0.801. The molecule has 1 aromatic heterocycles. The van der Waals surface area contributed by atoms with E-state index >= 15 is 0 Å². The van der Waals surface area contributed by atoms with Gasteiger partial charge in [-0.15, -0.1) is 0 Å². The first-order chi connectivity index (χ1) is 12.0. The van der Waals surface area contributed by atoms with E-state index in [1.807, 2.05) is 4.90 Å². The second-order valence-electron chi connectivity index (χ2n) is 5.73. The van der Waals surface area contributed by atoms with Crippen molar-refractivity contribution in [2.75, 3.05) is 48.7 Å². The van der Waals surface area contributed by atoms with Crippen LogP contribution in [0, 0.1) is 5.82 Å². The Hall–Kier alpha value is -2.45. The van der Waals surface area contributed by atoms with E-state index < -0.39 is 0 Å². The van der Waals surface area contributed by atoms with E-state index in [-0.39, 0.29) is 24.2 Å². The molecule has 0 radical (unpaired) electrons. The fourth-order valence-corrected chi connectivity index (χ4v) is 2.84. The van der Waals surface area contributed by atoms with Crippen molar-refractivity contribution in [3.63, 3.8) is 0 Å². The van der Waals surface area contributed by atoms with Gasteiger partial charge in [0.25, 0.3) is 0 Å². The molecule has 1 amide bonds. The highest BCUT2D eigenvalue weighted by Crippen LogP contribution is 2.18. The van der Waals surface area contributed by atoms with E-state index in [0.29, 0.717) is 42.8 Å². The molecule has 1 aromatic carbocycles. The Kier molecular flexibility index (Phi) is 5.30. The molecule has 132 valence electrons. The highest BCUT2D eigenvalue weighted by molar-refractivity contribution is 6.29. The number of hydrogen-bond acceptors (Lipinski definition) is 6. The van der Waals surface area contributed by atoms with Crippen LogP contribution in [0.2, 0.25) is 5.15 Å². The van der Waals surface area contributed by atoms with Crippen LogP contribution in [0.25, 0.3) is 0 Å². The Morgan fingerprint density at radius 3 is 2.52 bits per heavy atom. The van der Waals surface area contributed by atoms with Crippen molar-refractivity contribution >= 4 is 35.0 Å². The molecular formula is C16H18ClFN6O.